The topological polar surface area (TPSA) is 55.1 Å². The molecule has 0 saturated carbocycles. The van der Waals surface area contributed by atoms with Gasteiger partial charge in [-0.2, -0.15) is 0 Å². The SMILES string of the molecule is Nc1c(Cl)cc(NC(=O)c2ccc3c(c2)CCCC3)cc1Cl. The molecule has 1 aliphatic rings. The van der Waals surface area contributed by atoms with Crippen molar-refractivity contribution < 1.29 is 4.79 Å². The Labute approximate surface area is 139 Å². The fourth-order valence-corrected chi connectivity index (χ4v) is 3.22. The summed E-state index contributed by atoms with van der Waals surface area (Å²) in [6, 6.07) is 9.08. The highest BCUT2D eigenvalue weighted by atomic mass is 35.5. The van der Waals surface area contributed by atoms with Gasteiger partial charge >= 0.3 is 0 Å². The second kappa shape index (κ2) is 6.19. The first kappa shape index (κ1) is 15.2. The number of carbonyl (C=O) groups excluding carboxylic acids is 1. The summed E-state index contributed by atoms with van der Waals surface area (Å²) in [7, 11) is 0. The molecule has 0 unspecified atom stereocenters. The molecule has 1 aliphatic carbocycles. The Bertz CT molecular complexity index is 720. The maximum absolute atomic E-state index is 12.4. The molecule has 1 amide bonds. The Morgan fingerprint density at radius 1 is 1.00 bits per heavy atom. The lowest BCUT2D eigenvalue weighted by Crippen LogP contribution is -2.13. The lowest BCUT2D eigenvalue weighted by molar-refractivity contribution is 0.102. The van der Waals surface area contributed by atoms with Gasteiger partial charge in [-0.05, 0) is 61.1 Å². The van der Waals surface area contributed by atoms with E-state index in [4.69, 9.17) is 28.9 Å². The minimum Gasteiger partial charge on any atom is -0.396 e. The van der Waals surface area contributed by atoms with E-state index < -0.39 is 0 Å². The van der Waals surface area contributed by atoms with Gasteiger partial charge in [0.1, 0.15) is 0 Å². The van der Waals surface area contributed by atoms with Crippen LogP contribution in [0, 0.1) is 0 Å². The van der Waals surface area contributed by atoms with E-state index in [0.29, 0.717) is 27.0 Å². The molecular weight excluding hydrogens is 319 g/mol. The van der Waals surface area contributed by atoms with Gasteiger partial charge in [0.2, 0.25) is 0 Å². The van der Waals surface area contributed by atoms with Crippen LogP contribution in [0.15, 0.2) is 30.3 Å². The van der Waals surface area contributed by atoms with E-state index in [2.05, 4.69) is 5.32 Å². The molecular formula is C17H16Cl2N2O. The van der Waals surface area contributed by atoms with Crippen LogP contribution in [0.25, 0.3) is 0 Å². The summed E-state index contributed by atoms with van der Waals surface area (Å²) in [5.74, 6) is -0.176. The third kappa shape index (κ3) is 3.06. The molecule has 114 valence electrons. The van der Waals surface area contributed by atoms with E-state index in [1.165, 1.54) is 24.0 Å². The van der Waals surface area contributed by atoms with E-state index in [1.807, 2.05) is 18.2 Å². The molecule has 0 heterocycles. The number of nitrogen functional groups attached to an aromatic ring is 1. The molecule has 0 aromatic heterocycles. The first-order valence-corrected chi connectivity index (χ1v) is 7.98. The molecule has 22 heavy (non-hydrogen) atoms. The van der Waals surface area contributed by atoms with Crippen LogP contribution >= 0.6 is 23.2 Å². The fraction of sp³-hybridized carbons (Fsp3) is 0.235. The molecule has 3 rings (SSSR count). The highest BCUT2D eigenvalue weighted by Gasteiger charge is 2.14. The molecule has 2 aromatic rings. The van der Waals surface area contributed by atoms with Crippen molar-refractivity contribution in [3.63, 3.8) is 0 Å². The zero-order valence-corrected chi connectivity index (χ0v) is 13.5. The smallest absolute Gasteiger partial charge is 0.255 e. The fourth-order valence-electron chi connectivity index (χ4n) is 2.73. The van der Waals surface area contributed by atoms with Crippen molar-refractivity contribution in [2.45, 2.75) is 25.7 Å². The maximum atomic E-state index is 12.4. The summed E-state index contributed by atoms with van der Waals surface area (Å²) >= 11 is 12.0. The van der Waals surface area contributed by atoms with Crippen molar-refractivity contribution in [1.29, 1.82) is 0 Å². The summed E-state index contributed by atoms with van der Waals surface area (Å²) in [4.78, 5) is 12.4. The van der Waals surface area contributed by atoms with Gasteiger partial charge in [0.05, 0.1) is 15.7 Å². The molecule has 0 atom stereocenters. The van der Waals surface area contributed by atoms with Crippen molar-refractivity contribution >= 4 is 40.5 Å². The lowest BCUT2D eigenvalue weighted by atomic mass is 9.90. The monoisotopic (exact) mass is 334 g/mol. The van der Waals surface area contributed by atoms with Gasteiger partial charge in [0, 0.05) is 11.3 Å². The number of fused-ring (bicyclic) bond motifs is 1. The van der Waals surface area contributed by atoms with Crippen LogP contribution in [-0.2, 0) is 12.8 Å². The van der Waals surface area contributed by atoms with E-state index in [0.717, 1.165) is 12.8 Å². The van der Waals surface area contributed by atoms with Crippen LogP contribution in [-0.4, -0.2) is 5.91 Å². The van der Waals surface area contributed by atoms with Crippen molar-refractivity contribution in [3.05, 3.63) is 57.1 Å². The van der Waals surface area contributed by atoms with Crippen molar-refractivity contribution in [1.82, 2.24) is 0 Å². The summed E-state index contributed by atoms with van der Waals surface area (Å²) in [5.41, 5.74) is 9.80. The number of rotatable bonds is 2. The van der Waals surface area contributed by atoms with Crippen molar-refractivity contribution in [3.8, 4) is 0 Å². The minimum absolute atomic E-state index is 0.176. The number of aryl methyl sites for hydroxylation is 2. The maximum Gasteiger partial charge on any atom is 0.255 e. The standard InChI is InChI=1S/C17H16Cl2N2O/c18-14-8-13(9-15(19)16(14)20)21-17(22)12-6-5-10-3-1-2-4-11(10)7-12/h5-9H,1-4,20H2,(H,21,22). The summed E-state index contributed by atoms with van der Waals surface area (Å²) in [5, 5.41) is 3.46. The van der Waals surface area contributed by atoms with E-state index in [1.54, 1.807) is 12.1 Å². The second-order valence-electron chi connectivity index (χ2n) is 5.50. The van der Waals surface area contributed by atoms with Crippen LogP contribution in [0.1, 0.15) is 34.3 Å². The highest BCUT2D eigenvalue weighted by Crippen LogP contribution is 2.31. The third-order valence-corrected chi connectivity index (χ3v) is 4.57. The molecule has 5 heteroatoms. The quantitative estimate of drug-likeness (QED) is 0.781. The average Bonchev–Trinajstić information content (AvgIpc) is 2.52. The molecule has 0 radical (unpaired) electrons. The number of carbonyl (C=O) groups is 1. The number of halogens is 2. The minimum atomic E-state index is -0.176. The summed E-state index contributed by atoms with van der Waals surface area (Å²) in [6.07, 6.45) is 4.54. The number of hydrogen-bond donors (Lipinski definition) is 2. The number of hydrogen-bond acceptors (Lipinski definition) is 2. The van der Waals surface area contributed by atoms with Gasteiger partial charge in [-0.25, -0.2) is 0 Å². The molecule has 3 N–H and O–H groups in total. The Balaban J connectivity index is 1.83. The van der Waals surface area contributed by atoms with Crippen molar-refractivity contribution in [2.75, 3.05) is 11.1 Å². The molecule has 0 aliphatic heterocycles. The Morgan fingerprint density at radius 3 is 2.32 bits per heavy atom. The van der Waals surface area contributed by atoms with Crippen LogP contribution in [0.2, 0.25) is 10.0 Å². The normalized spacial score (nSPS) is 13.5. The molecule has 0 fully saturated rings. The Morgan fingerprint density at radius 2 is 1.64 bits per heavy atom. The van der Waals surface area contributed by atoms with Crippen molar-refractivity contribution in [2.24, 2.45) is 0 Å². The van der Waals surface area contributed by atoms with Crippen LogP contribution in [0.3, 0.4) is 0 Å². The second-order valence-corrected chi connectivity index (χ2v) is 6.31. The summed E-state index contributed by atoms with van der Waals surface area (Å²) < 4.78 is 0. The van der Waals surface area contributed by atoms with E-state index >= 15 is 0 Å². The van der Waals surface area contributed by atoms with Gasteiger partial charge < -0.3 is 11.1 Å². The predicted octanol–water partition coefficient (Wildman–Crippen LogP) is 4.71. The first-order chi connectivity index (χ1) is 10.5. The number of nitrogens with two attached hydrogens (primary N) is 1. The first-order valence-electron chi connectivity index (χ1n) is 7.22. The largest absolute Gasteiger partial charge is 0.396 e. The van der Waals surface area contributed by atoms with E-state index in [-0.39, 0.29) is 5.91 Å². The zero-order valence-electron chi connectivity index (χ0n) is 12.0. The number of benzene rings is 2. The number of anilines is 2. The van der Waals surface area contributed by atoms with Gasteiger partial charge in [-0.3, -0.25) is 4.79 Å². The molecule has 0 bridgehead atoms. The van der Waals surface area contributed by atoms with Gasteiger partial charge in [-0.15, -0.1) is 0 Å². The molecule has 0 spiro atoms. The van der Waals surface area contributed by atoms with Gasteiger partial charge in [-0.1, -0.05) is 29.3 Å². The molecule has 2 aromatic carbocycles. The molecule has 3 nitrogen and oxygen atoms in total. The molecule has 0 saturated heterocycles. The van der Waals surface area contributed by atoms with E-state index in [9.17, 15) is 4.79 Å². The number of nitrogens with one attached hydrogen (secondary N) is 1. The van der Waals surface area contributed by atoms with Gasteiger partial charge in [0.15, 0.2) is 0 Å². The van der Waals surface area contributed by atoms with Crippen LogP contribution in [0.5, 0.6) is 0 Å². The Kier molecular flexibility index (Phi) is 4.27. The average molecular weight is 335 g/mol. The third-order valence-electron chi connectivity index (χ3n) is 3.95. The highest BCUT2D eigenvalue weighted by molar-refractivity contribution is 6.39. The zero-order chi connectivity index (χ0) is 15.7. The Hall–Kier alpha value is -1.71. The predicted molar refractivity (Wildman–Crippen MR) is 91.9 cm³/mol. The number of amides is 1. The van der Waals surface area contributed by atoms with Crippen LogP contribution in [0.4, 0.5) is 11.4 Å². The van der Waals surface area contributed by atoms with Gasteiger partial charge in [0.25, 0.3) is 5.91 Å². The van der Waals surface area contributed by atoms with Crippen LogP contribution < -0.4 is 11.1 Å². The lowest BCUT2D eigenvalue weighted by Gasteiger charge is -2.16. The summed E-state index contributed by atoms with van der Waals surface area (Å²) in [6.45, 7) is 0.